The van der Waals surface area contributed by atoms with Crippen LogP contribution in [-0.4, -0.2) is 72.4 Å². The summed E-state index contributed by atoms with van der Waals surface area (Å²) in [5.41, 5.74) is 8.06. The minimum Gasteiger partial charge on any atom is -0.477 e. The molecule has 0 unspecified atom stereocenters. The van der Waals surface area contributed by atoms with Crippen molar-refractivity contribution in [3.8, 4) is 0 Å². The number of carboxylic acid groups (broad SMARTS) is 1. The molecule has 5 heterocycles. The van der Waals surface area contributed by atoms with Crippen molar-refractivity contribution in [2.45, 2.75) is 24.9 Å². The Kier molecular flexibility index (Phi) is 6.09. The summed E-state index contributed by atoms with van der Waals surface area (Å²) < 4.78 is 3.53. The lowest BCUT2D eigenvalue weighted by atomic mass is 10.0. The Morgan fingerprint density at radius 2 is 2.25 bits per heavy atom. The van der Waals surface area contributed by atoms with Crippen LogP contribution in [-0.2, 0) is 25.8 Å². The maximum atomic E-state index is 13.0. The Labute approximate surface area is 212 Å². The number of hydrogen-bond donors (Lipinski definition) is 3. The average Bonchev–Trinajstić information content (AvgIpc) is 3.46. The number of amides is 2. The SMILES string of the molecule is CON=C(C(=O)N[C@@H]1C(=O)N2C(C(=O)O)=C(C[n+]3cnn4ccc(C)cc43)CS[C@@H]12)c1csc(N)n1. The highest BCUT2D eigenvalue weighted by Gasteiger charge is 2.54. The lowest BCUT2D eigenvalue weighted by Crippen LogP contribution is -2.71. The first kappa shape index (κ1) is 23.7. The molecule has 0 saturated carbocycles. The second-order valence-corrected chi connectivity index (χ2v) is 10.1. The number of hydrogen-bond acceptors (Lipinski definition) is 10. The van der Waals surface area contributed by atoms with Crippen molar-refractivity contribution in [2.75, 3.05) is 18.6 Å². The highest BCUT2D eigenvalue weighted by molar-refractivity contribution is 8.00. The number of nitrogens with one attached hydrogen (secondary N) is 1. The number of nitrogen functional groups attached to an aromatic ring is 1. The largest absolute Gasteiger partial charge is 0.477 e. The van der Waals surface area contributed by atoms with E-state index in [0.29, 0.717) is 11.3 Å². The van der Waals surface area contributed by atoms with Crippen LogP contribution in [0.4, 0.5) is 5.13 Å². The van der Waals surface area contributed by atoms with Gasteiger partial charge < -0.3 is 21.0 Å². The first-order valence-electron chi connectivity index (χ1n) is 10.6. The van der Waals surface area contributed by atoms with Crippen LogP contribution in [0, 0.1) is 6.92 Å². The quantitative estimate of drug-likeness (QED) is 0.162. The summed E-state index contributed by atoms with van der Waals surface area (Å²) >= 11 is 2.51. The van der Waals surface area contributed by atoms with Crippen molar-refractivity contribution in [1.82, 2.24) is 24.8 Å². The van der Waals surface area contributed by atoms with Crippen LogP contribution >= 0.6 is 23.1 Å². The molecule has 15 heteroatoms. The predicted octanol–water partition coefficient (Wildman–Crippen LogP) is -0.242. The van der Waals surface area contributed by atoms with E-state index in [-0.39, 0.29) is 28.8 Å². The van der Waals surface area contributed by atoms with Gasteiger partial charge in [0.1, 0.15) is 36.1 Å². The van der Waals surface area contributed by atoms with Gasteiger partial charge in [0, 0.05) is 27.9 Å². The molecule has 13 nitrogen and oxygen atoms in total. The van der Waals surface area contributed by atoms with E-state index in [9.17, 15) is 19.5 Å². The number of anilines is 1. The number of carbonyl (C=O) groups excluding carboxylic acids is 2. The van der Waals surface area contributed by atoms with Crippen LogP contribution < -0.4 is 15.6 Å². The molecular weight excluding hydrogens is 508 g/mol. The van der Waals surface area contributed by atoms with Gasteiger partial charge in [-0.05, 0) is 18.6 Å². The summed E-state index contributed by atoms with van der Waals surface area (Å²) in [5.74, 6) is -2.04. The number of aromatic nitrogens is 4. The lowest BCUT2D eigenvalue weighted by molar-refractivity contribution is -0.664. The molecule has 3 aromatic rings. The lowest BCUT2D eigenvalue weighted by Gasteiger charge is -2.49. The van der Waals surface area contributed by atoms with E-state index in [2.05, 4.69) is 20.6 Å². The fourth-order valence-electron chi connectivity index (χ4n) is 4.11. The van der Waals surface area contributed by atoms with Crippen molar-refractivity contribution in [3.05, 3.63) is 52.6 Å². The van der Waals surface area contributed by atoms with Crippen LogP contribution in [0.25, 0.3) is 5.65 Å². The molecule has 0 aliphatic carbocycles. The number of carbonyl (C=O) groups is 3. The van der Waals surface area contributed by atoms with E-state index in [1.807, 2.05) is 29.8 Å². The van der Waals surface area contributed by atoms with Crippen molar-refractivity contribution < 1.29 is 28.9 Å². The Balaban J connectivity index is 1.38. The topological polar surface area (TPSA) is 168 Å². The number of pyridine rings is 1. The van der Waals surface area contributed by atoms with Gasteiger partial charge in [-0.15, -0.1) is 23.1 Å². The first-order chi connectivity index (χ1) is 17.3. The van der Waals surface area contributed by atoms with Crippen LogP contribution in [0.1, 0.15) is 11.3 Å². The summed E-state index contributed by atoms with van der Waals surface area (Å²) in [6, 6.07) is 2.94. The van der Waals surface area contributed by atoms with E-state index in [1.54, 1.807) is 16.2 Å². The third kappa shape index (κ3) is 4.05. The van der Waals surface area contributed by atoms with E-state index in [1.165, 1.54) is 23.8 Å². The van der Waals surface area contributed by atoms with Gasteiger partial charge in [0.25, 0.3) is 23.8 Å². The Hall–Kier alpha value is -3.98. The Morgan fingerprint density at radius 3 is 2.94 bits per heavy atom. The van der Waals surface area contributed by atoms with Crippen molar-refractivity contribution in [3.63, 3.8) is 0 Å². The summed E-state index contributed by atoms with van der Waals surface area (Å²) in [5, 5.41) is 21.9. The number of oxime groups is 1. The van der Waals surface area contributed by atoms with Gasteiger partial charge in [-0.3, -0.25) is 14.5 Å². The number of rotatable bonds is 7. The molecule has 0 radical (unpaired) electrons. The van der Waals surface area contributed by atoms with Crippen LogP contribution in [0.3, 0.4) is 0 Å². The standard InChI is InChI=1S/C21H20N8O5S2/c1-10-3-4-28-13(5-10)27(9-23-28)6-11-7-35-19-15(18(31)29(19)16(11)20(32)33)25-17(30)14(26-34-2)12-8-36-21(22)24-12/h3-5,8-9,15,19H,6-7H2,1-2H3,(H3-,22,24,25,30,32,33)/p+1/t15-,19+/m1/s1. The molecule has 4 N–H and O–H groups in total. The van der Waals surface area contributed by atoms with Gasteiger partial charge in [0.15, 0.2) is 10.8 Å². The number of β-lactam (4-membered cyclic amide) rings is 1. The second kappa shape index (κ2) is 9.23. The van der Waals surface area contributed by atoms with E-state index in [4.69, 9.17) is 10.6 Å². The molecule has 0 spiro atoms. The minimum absolute atomic E-state index is 0.0770. The molecule has 1 fully saturated rings. The molecule has 1 saturated heterocycles. The molecule has 2 amide bonds. The molecule has 2 aliphatic rings. The zero-order valence-corrected chi connectivity index (χ0v) is 20.7. The minimum atomic E-state index is -1.21. The summed E-state index contributed by atoms with van der Waals surface area (Å²) in [4.78, 5) is 48.2. The van der Waals surface area contributed by atoms with Gasteiger partial charge >= 0.3 is 5.97 Å². The first-order valence-corrected chi connectivity index (χ1v) is 12.6. The van der Waals surface area contributed by atoms with Gasteiger partial charge in [0.2, 0.25) is 0 Å². The molecular formula is C21H21N8O5S2+. The van der Waals surface area contributed by atoms with Crippen LogP contribution in [0.5, 0.6) is 0 Å². The van der Waals surface area contributed by atoms with E-state index in [0.717, 1.165) is 22.5 Å². The number of fused-ring (bicyclic) bond motifs is 2. The van der Waals surface area contributed by atoms with Crippen molar-refractivity contribution in [1.29, 1.82) is 0 Å². The second-order valence-electron chi connectivity index (χ2n) is 8.08. The number of nitrogens with zero attached hydrogens (tertiary/aromatic N) is 6. The average molecular weight is 530 g/mol. The number of nitrogens with two attached hydrogens (primary N) is 1. The fourth-order valence-corrected chi connectivity index (χ4v) is 5.99. The number of aliphatic carboxylic acids is 1. The Morgan fingerprint density at radius 1 is 1.44 bits per heavy atom. The summed E-state index contributed by atoms with van der Waals surface area (Å²) in [6.45, 7) is 2.21. The van der Waals surface area contributed by atoms with E-state index >= 15 is 0 Å². The maximum Gasteiger partial charge on any atom is 0.352 e. The highest BCUT2D eigenvalue weighted by atomic mass is 32.2. The van der Waals surface area contributed by atoms with Crippen LogP contribution in [0.2, 0.25) is 0 Å². The fraction of sp³-hybridized carbons (Fsp3) is 0.286. The number of thioether (sulfide) groups is 1. The molecule has 186 valence electrons. The van der Waals surface area contributed by atoms with E-state index < -0.39 is 29.2 Å². The van der Waals surface area contributed by atoms with Gasteiger partial charge in [-0.1, -0.05) is 9.67 Å². The smallest absolute Gasteiger partial charge is 0.352 e. The normalized spacial score (nSPS) is 19.8. The highest BCUT2D eigenvalue weighted by Crippen LogP contribution is 2.40. The summed E-state index contributed by atoms with van der Waals surface area (Å²) in [6.07, 6.45) is 3.45. The number of aryl methyl sites for hydroxylation is 1. The summed E-state index contributed by atoms with van der Waals surface area (Å²) in [7, 11) is 1.28. The molecule has 0 bridgehead atoms. The van der Waals surface area contributed by atoms with Crippen LogP contribution in [0.15, 0.2) is 46.5 Å². The van der Waals surface area contributed by atoms with Crippen molar-refractivity contribution in [2.24, 2.45) is 5.16 Å². The number of carboxylic acids is 1. The predicted molar refractivity (Wildman–Crippen MR) is 130 cm³/mol. The molecule has 2 atom stereocenters. The molecule has 3 aromatic heterocycles. The van der Waals surface area contributed by atoms with Gasteiger partial charge in [-0.2, -0.15) is 0 Å². The maximum absolute atomic E-state index is 13.0. The van der Waals surface area contributed by atoms with Gasteiger partial charge in [0.05, 0.1) is 6.54 Å². The van der Waals surface area contributed by atoms with Gasteiger partial charge in [-0.25, -0.2) is 14.3 Å². The zero-order valence-electron chi connectivity index (χ0n) is 19.1. The number of thiazole rings is 1. The monoisotopic (exact) mass is 529 g/mol. The molecule has 0 aromatic carbocycles. The third-order valence-electron chi connectivity index (χ3n) is 5.74. The zero-order chi connectivity index (χ0) is 25.6. The Bertz CT molecular complexity index is 1460. The third-order valence-corrected chi connectivity index (χ3v) is 7.75. The molecule has 2 aliphatic heterocycles. The van der Waals surface area contributed by atoms with Crippen molar-refractivity contribution >= 4 is 57.4 Å². The molecule has 5 rings (SSSR count). The molecule has 36 heavy (non-hydrogen) atoms.